The van der Waals surface area contributed by atoms with Crippen LogP contribution in [0.25, 0.3) is 0 Å². The van der Waals surface area contributed by atoms with Crippen LogP contribution in [0.3, 0.4) is 0 Å². The third-order valence-electron chi connectivity index (χ3n) is 6.16. The lowest BCUT2D eigenvalue weighted by molar-refractivity contribution is -0.125. The maximum absolute atomic E-state index is 13.1. The van der Waals surface area contributed by atoms with Gasteiger partial charge in [0.15, 0.2) is 17.3 Å². The third-order valence-corrected chi connectivity index (χ3v) is 6.16. The lowest BCUT2D eigenvalue weighted by Crippen LogP contribution is -2.31. The summed E-state index contributed by atoms with van der Waals surface area (Å²) in [6.07, 6.45) is 0.586. The number of rotatable bonds is 6. The Morgan fingerprint density at radius 3 is 2.57 bits per heavy atom. The third kappa shape index (κ3) is 3.10. The zero-order valence-corrected chi connectivity index (χ0v) is 17.2. The van der Waals surface area contributed by atoms with Crippen LogP contribution in [0.5, 0.6) is 11.5 Å². The van der Waals surface area contributed by atoms with Crippen LogP contribution < -0.4 is 20.1 Å². The number of amides is 2. The standard InChI is InChI=1S/C23H24N2O5/c1-23-18(19(23)22(28)25-15-7-5-4-6-14(15)20(23)26)21(27)24-11-10-13-8-9-16(29-2)17(12-13)30-3/h4-9,12,18-19H,10-11H2,1-3H3,(H,24,27)(H,25,28)/t18-,19-,23+/m0/s1. The number of carbonyl (C=O) groups is 3. The highest BCUT2D eigenvalue weighted by atomic mass is 16.5. The van der Waals surface area contributed by atoms with E-state index < -0.39 is 17.3 Å². The molecule has 156 valence electrons. The van der Waals surface area contributed by atoms with Crippen molar-refractivity contribution in [2.24, 2.45) is 17.3 Å². The Morgan fingerprint density at radius 2 is 1.83 bits per heavy atom. The number of para-hydroxylation sites is 1. The van der Waals surface area contributed by atoms with Crippen LogP contribution in [-0.2, 0) is 16.0 Å². The van der Waals surface area contributed by atoms with E-state index in [9.17, 15) is 14.4 Å². The number of methoxy groups -OCH3 is 2. The van der Waals surface area contributed by atoms with Gasteiger partial charge < -0.3 is 20.1 Å². The molecule has 7 nitrogen and oxygen atoms in total. The molecule has 0 unspecified atom stereocenters. The Balaban J connectivity index is 1.43. The van der Waals surface area contributed by atoms with Gasteiger partial charge in [-0.3, -0.25) is 14.4 Å². The van der Waals surface area contributed by atoms with Crippen molar-refractivity contribution in [2.75, 3.05) is 26.1 Å². The highest BCUT2D eigenvalue weighted by Gasteiger charge is 2.73. The zero-order chi connectivity index (χ0) is 21.5. The number of hydrogen-bond donors (Lipinski definition) is 2. The van der Waals surface area contributed by atoms with E-state index in [0.717, 1.165) is 5.56 Å². The van der Waals surface area contributed by atoms with Gasteiger partial charge in [0, 0.05) is 12.1 Å². The molecule has 0 radical (unpaired) electrons. The maximum Gasteiger partial charge on any atom is 0.229 e. The summed E-state index contributed by atoms with van der Waals surface area (Å²) in [6.45, 7) is 2.10. The van der Waals surface area contributed by atoms with Crippen molar-refractivity contribution >= 4 is 23.3 Å². The van der Waals surface area contributed by atoms with E-state index in [2.05, 4.69) is 10.6 Å². The fourth-order valence-corrected chi connectivity index (χ4v) is 4.41. The summed E-state index contributed by atoms with van der Waals surface area (Å²) in [5.74, 6) is -0.772. The first-order chi connectivity index (χ1) is 14.4. The highest BCUT2D eigenvalue weighted by molar-refractivity contribution is 6.19. The van der Waals surface area contributed by atoms with Gasteiger partial charge in [-0.25, -0.2) is 0 Å². The molecule has 0 saturated heterocycles. The summed E-state index contributed by atoms with van der Waals surface area (Å²) in [5.41, 5.74) is 0.932. The molecular weight excluding hydrogens is 384 g/mol. The molecule has 0 bridgehead atoms. The zero-order valence-electron chi connectivity index (χ0n) is 17.2. The lowest BCUT2D eigenvalue weighted by Gasteiger charge is -2.13. The van der Waals surface area contributed by atoms with E-state index in [1.54, 1.807) is 45.4 Å². The summed E-state index contributed by atoms with van der Waals surface area (Å²) >= 11 is 0. The van der Waals surface area contributed by atoms with Gasteiger partial charge in [0.05, 0.1) is 37.2 Å². The molecule has 2 N–H and O–H groups in total. The molecule has 0 aromatic heterocycles. The molecule has 1 aliphatic heterocycles. The average Bonchev–Trinajstić information content (AvgIpc) is 3.41. The summed E-state index contributed by atoms with van der Waals surface area (Å²) in [4.78, 5) is 38.5. The minimum absolute atomic E-state index is 0.165. The van der Waals surface area contributed by atoms with Crippen LogP contribution in [0, 0.1) is 17.3 Å². The number of ketones is 1. The minimum atomic E-state index is -1.01. The smallest absolute Gasteiger partial charge is 0.229 e. The van der Waals surface area contributed by atoms with Crippen molar-refractivity contribution in [1.82, 2.24) is 5.32 Å². The van der Waals surface area contributed by atoms with Crippen molar-refractivity contribution in [1.29, 1.82) is 0 Å². The summed E-state index contributed by atoms with van der Waals surface area (Å²) < 4.78 is 10.5. The van der Waals surface area contributed by atoms with Gasteiger partial charge in [-0.2, -0.15) is 0 Å². The van der Waals surface area contributed by atoms with Gasteiger partial charge in [0.2, 0.25) is 11.8 Å². The predicted octanol–water partition coefficient (Wildman–Crippen LogP) is 2.45. The van der Waals surface area contributed by atoms with E-state index in [1.807, 2.05) is 18.2 Å². The molecule has 1 heterocycles. The Hall–Kier alpha value is -3.35. The Labute approximate surface area is 174 Å². The monoisotopic (exact) mass is 408 g/mol. The molecule has 4 rings (SSSR count). The van der Waals surface area contributed by atoms with Crippen molar-refractivity contribution < 1.29 is 23.9 Å². The molecule has 0 spiro atoms. The summed E-state index contributed by atoms with van der Waals surface area (Å²) in [5, 5.41) is 5.68. The normalized spacial score (nSPS) is 24.1. The van der Waals surface area contributed by atoms with Crippen molar-refractivity contribution in [2.45, 2.75) is 13.3 Å². The first-order valence-corrected chi connectivity index (χ1v) is 9.85. The summed E-state index contributed by atoms with van der Waals surface area (Å²) in [7, 11) is 3.15. The van der Waals surface area contributed by atoms with E-state index in [0.29, 0.717) is 35.7 Å². The van der Waals surface area contributed by atoms with E-state index in [4.69, 9.17) is 9.47 Å². The first kappa shape index (κ1) is 19.9. The van der Waals surface area contributed by atoms with Crippen LogP contribution in [0.2, 0.25) is 0 Å². The second kappa shape index (κ2) is 7.48. The number of carbonyl (C=O) groups excluding carboxylic acids is 3. The van der Waals surface area contributed by atoms with Crippen LogP contribution in [0.15, 0.2) is 42.5 Å². The highest BCUT2D eigenvalue weighted by Crippen LogP contribution is 2.62. The van der Waals surface area contributed by atoms with Crippen LogP contribution in [0.1, 0.15) is 22.8 Å². The topological polar surface area (TPSA) is 93.7 Å². The number of nitrogens with one attached hydrogen (secondary N) is 2. The van der Waals surface area contributed by atoms with Gasteiger partial charge in [-0.05, 0) is 36.2 Å². The van der Waals surface area contributed by atoms with Gasteiger partial charge in [-0.1, -0.05) is 25.1 Å². The number of fused-ring (bicyclic) bond motifs is 2. The number of hydrogen-bond acceptors (Lipinski definition) is 5. The molecule has 1 aliphatic carbocycles. The van der Waals surface area contributed by atoms with Gasteiger partial charge in [0.1, 0.15) is 0 Å². The van der Waals surface area contributed by atoms with E-state index in [1.165, 1.54) is 0 Å². The van der Waals surface area contributed by atoms with Crippen molar-refractivity contribution in [3.8, 4) is 11.5 Å². The Kier molecular flexibility index (Phi) is 4.97. The van der Waals surface area contributed by atoms with Crippen LogP contribution >= 0.6 is 0 Å². The molecule has 2 aliphatic rings. The van der Waals surface area contributed by atoms with E-state index >= 15 is 0 Å². The number of Topliss-reactive ketones (excluding diaryl/α,β-unsaturated/α-hetero) is 1. The second-order valence-corrected chi connectivity index (χ2v) is 7.83. The number of anilines is 1. The maximum atomic E-state index is 13.1. The second-order valence-electron chi connectivity index (χ2n) is 7.83. The molecule has 1 fully saturated rings. The predicted molar refractivity (Wildman–Crippen MR) is 111 cm³/mol. The molecule has 3 atom stereocenters. The summed E-state index contributed by atoms with van der Waals surface area (Å²) in [6, 6.07) is 12.5. The molecule has 2 aromatic carbocycles. The van der Waals surface area contributed by atoms with Gasteiger partial charge in [0.25, 0.3) is 0 Å². The van der Waals surface area contributed by atoms with E-state index in [-0.39, 0.29) is 17.6 Å². The SMILES string of the molecule is COc1ccc(CCNC(=O)[C@@H]2[C@H]3C(=O)Nc4ccccc4C(=O)[C@]23C)cc1OC. The Bertz CT molecular complexity index is 1030. The molecule has 2 amide bonds. The first-order valence-electron chi connectivity index (χ1n) is 9.85. The molecule has 2 aromatic rings. The number of benzene rings is 2. The van der Waals surface area contributed by atoms with Crippen molar-refractivity contribution in [3.05, 3.63) is 53.6 Å². The fourth-order valence-electron chi connectivity index (χ4n) is 4.41. The largest absolute Gasteiger partial charge is 0.493 e. The molecule has 1 saturated carbocycles. The molecule has 30 heavy (non-hydrogen) atoms. The Morgan fingerprint density at radius 1 is 1.10 bits per heavy atom. The van der Waals surface area contributed by atoms with Gasteiger partial charge >= 0.3 is 0 Å². The lowest BCUT2D eigenvalue weighted by atomic mass is 9.92. The quantitative estimate of drug-likeness (QED) is 0.766. The fraction of sp³-hybridized carbons (Fsp3) is 0.348. The van der Waals surface area contributed by atoms with Crippen LogP contribution in [-0.4, -0.2) is 38.4 Å². The average molecular weight is 408 g/mol. The minimum Gasteiger partial charge on any atom is -0.493 e. The molecular formula is C23H24N2O5. The number of ether oxygens (including phenoxy) is 2. The van der Waals surface area contributed by atoms with Gasteiger partial charge in [-0.15, -0.1) is 0 Å². The molecule has 7 heteroatoms. The van der Waals surface area contributed by atoms with Crippen LogP contribution in [0.4, 0.5) is 5.69 Å². The van der Waals surface area contributed by atoms with Crippen molar-refractivity contribution in [3.63, 3.8) is 0 Å².